The molecule has 0 N–H and O–H groups in total. The number of ether oxygens (including phenoxy) is 1. The van der Waals surface area contributed by atoms with Crippen molar-refractivity contribution in [3.63, 3.8) is 0 Å². The molecule has 0 unspecified atom stereocenters. The molecule has 2 nitrogen and oxygen atoms in total. The van der Waals surface area contributed by atoms with E-state index >= 15 is 0 Å². The van der Waals surface area contributed by atoms with Crippen molar-refractivity contribution < 1.29 is 9.53 Å². The van der Waals surface area contributed by atoms with Gasteiger partial charge in [0.1, 0.15) is 0 Å². The molecule has 0 heterocycles. The third kappa shape index (κ3) is 2.96. The Morgan fingerprint density at radius 1 is 1.36 bits per heavy atom. The number of hydrogen-bond acceptors (Lipinski definition) is 2. The third-order valence-electron chi connectivity index (χ3n) is 1.51. The molecular weight excluding hydrogens is 312 g/mol. The van der Waals surface area contributed by atoms with Gasteiger partial charge in [-0.3, -0.25) is 0 Å². The molecule has 1 aromatic rings. The van der Waals surface area contributed by atoms with E-state index in [0.29, 0.717) is 0 Å². The Bertz CT molecular complexity index is 333. The molecule has 0 aromatic heterocycles. The predicted octanol–water partition coefficient (Wildman–Crippen LogP) is 3.32. The maximum atomic E-state index is 11.0. The van der Waals surface area contributed by atoms with Gasteiger partial charge in [-0.2, -0.15) is 0 Å². The lowest BCUT2D eigenvalue weighted by molar-refractivity contribution is -0.140. The first-order valence-electron chi connectivity index (χ1n) is 3.85. The molecule has 0 aliphatic heterocycles. The second kappa shape index (κ2) is 4.75. The van der Waals surface area contributed by atoms with Crippen LogP contribution in [0.5, 0.6) is 0 Å². The van der Waals surface area contributed by atoms with Gasteiger partial charge in [0.2, 0.25) is 3.42 Å². The maximum Gasteiger partial charge on any atom is 0.332 e. The van der Waals surface area contributed by atoms with Crippen molar-refractivity contribution in [3.05, 3.63) is 48.6 Å². The smallest absolute Gasteiger partial charge is 0.332 e. The molecule has 0 saturated carbocycles. The Morgan fingerprint density at radius 2 is 1.93 bits per heavy atom. The molecule has 0 atom stereocenters. The number of benzene rings is 1. The zero-order valence-electron chi connectivity index (χ0n) is 7.24. The molecular formula is C10H8Br2O2. The number of esters is 1. The maximum absolute atomic E-state index is 11.0. The van der Waals surface area contributed by atoms with Gasteiger partial charge in [0.15, 0.2) is 0 Å². The summed E-state index contributed by atoms with van der Waals surface area (Å²) in [5.41, 5.74) is 0.801. The summed E-state index contributed by atoms with van der Waals surface area (Å²) in [7, 11) is 0. The van der Waals surface area contributed by atoms with Crippen molar-refractivity contribution >= 4 is 37.8 Å². The molecule has 14 heavy (non-hydrogen) atoms. The normalized spacial score (nSPS) is 10.7. The van der Waals surface area contributed by atoms with Gasteiger partial charge in [-0.1, -0.05) is 36.9 Å². The molecule has 0 amide bonds. The van der Waals surface area contributed by atoms with Gasteiger partial charge in [-0.25, -0.2) is 4.79 Å². The first-order chi connectivity index (χ1) is 6.56. The molecule has 74 valence electrons. The molecule has 0 radical (unpaired) electrons. The summed E-state index contributed by atoms with van der Waals surface area (Å²) < 4.78 is 4.07. The van der Waals surface area contributed by atoms with Gasteiger partial charge in [0.25, 0.3) is 0 Å². The lowest BCUT2D eigenvalue weighted by atomic mass is 10.2. The highest BCUT2D eigenvalue weighted by molar-refractivity contribution is 9.24. The fourth-order valence-corrected chi connectivity index (χ4v) is 1.71. The molecule has 0 aliphatic carbocycles. The van der Waals surface area contributed by atoms with Crippen LogP contribution < -0.4 is 0 Å². The minimum atomic E-state index is -0.980. The highest BCUT2D eigenvalue weighted by Gasteiger charge is 2.28. The number of rotatable bonds is 3. The van der Waals surface area contributed by atoms with Crippen molar-refractivity contribution in [2.75, 3.05) is 0 Å². The van der Waals surface area contributed by atoms with Gasteiger partial charge in [0, 0.05) is 11.6 Å². The lowest BCUT2D eigenvalue weighted by Crippen LogP contribution is -2.17. The van der Waals surface area contributed by atoms with E-state index in [1.165, 1.54) is 0 Å². The van der Waals surface area contributed by atoms with Crippen LogP contribution in [0.25, 0.3) is 0 Å². The van der Waals surface area contributed by atoms with Crippen molar-refractivity contribution in [2.45, 2.75) is 3.42 Å². The molecule has 0 bridgehead atoms. The van der Waals surface area contributed by atoms with E-state index < -0.39 is 9.39 Å². The quantitative estimate of drug-likeness (QED) is 0.485. The van der Waals surface area contributed by atoms with Crippen molar-refractivity contribution in [3.8, 4) is 0 Å². The van der Waals surface area contributed by atoms with Gasteiger partial charge in [-0.05, 0) is 31.9 Å². The van der Waals surface area contributed by atoms with E-state index in [1.807, 2.05) is 30.3 Å². The average molecular weight is 320 g/mol. The van der Waals surface area contributed by atoms with Crippen molar-refractivity contribution in [1.29, 1.82) is 0 Å². The van der Waals surface area contributed by atoms with E-state index in [9.17, 15) is 4.79 Å². The minimum Gasteiger partial charge on any atom is -0.430 e. The van der Waals surface area contributed by atoms with Crippen LogP contribution in [0, 0.1) is 0 Å². The van der Waals surface area contributed by atoms with Gasteiger partial charge >= 0.3 is 5.97 Å². The van der Waals surface area contributed by atoms with Gasteiger partial charge < -0.3 is 4.74 Å². The molecule has 0 fully saturated rings. The first-order valence-corrected chi connectivity index (χ1v) is 5.43. The summed E-state index contributed by atoms with van der Waals surface area (Å²) in [6, 6.07) is 9.26. The topological polar surface area (TPSA) is 26.3 Å². The number of carbonyl (C=O) groups excluding carboxylic acids is 1. The average Bonchev–Trinajstić information content (AvgIpc) is 2.18. The highest BCUT2D eigenvalue weighted by atomic mass is 79.9. The number of carbonyl (C=O) groups is 1. The van der Waals surface area contributed by atoms with Crippen molar-refractivity contribution in [1.82, 2.24) is 0 Å². The van der Waals surface area contributed by atoms with Crippen LogP contribution >= 0.6 is 31.9 Å². The number of hydrogen-bond donors (Lipinski definition) is 0. The highest BCUT2D eigenvalue weighted by Crippen LogP contribution is 2.39. The summed E-state index contributed by atoms with van der Waals surface area (Å²) >= 11 is 6.51. The van der Waals surface area contributed by atoms with E-state index in [4.69, 9.17) is 4.74 Å². The lowest BCUT2D eigenvalue weighted by Gasteiger charge is -2.20. The van der Waals surface area contributed by atoms with Gasteiger partial charge in [-0.15, -0.1) is 0 Å². The van der Waals surface area contributed by atoms with Gasteiger partial charge in [0.05, 0.1) is 0 Å². The van der Waals surface area contributed by atoms with Crippen LogP contribution in [-0.4, -0.2) is 5.97 Å². The third-order valence-corrected chi connectivity index (χ3v) is 2.74. The summed E-state index contributed by atoms with van der Waals surface area (Å²) in [6.07, 6.45) is 1.11. The summed E-state index contributed by atoms with van der Waals surface area (Å²) in [5.74, 6) is -0.498. The minimum absolute atomic E-state index is 0.498. The monoisotopic (exact) mass is 318 g/mol. The van der Waals surface area contributed by atoms with E-state index in [-0.39, 0.29) is 0 Å². The Morgan fingerprint density at radius 3 is 2.43 bits per heavy atom. The number of alkyl halides is 2. The van der Waals surface area contributed by atoms with Crippen LogP contribution in [0.3, 0.4) is 0 Å². The molecule has 0 saturated heterocycles. The van der Waals surface area contributed by atoms with Crippen LogP contribution in [-0.2, 0) is 13.0 Å². The summed E-state index contributed by atoms with van der Waals surface area (Å²) in [5, 5.41) is 0. The zero-order valence-corrected chi connectivity index (χ0v) is 10.4. The van der Waals surface area contributed by atoms with Crippen LogP contribution in [0.1, 0.15) is 5.56 Å². The predicted molar refractivity (Wildman–Crippen MR) is 62.3 cm³/mol. The zero-order chi connectivity index (χ0) is 10.6. The summed E-state index contributed by atoms with van der Waals surface area (Å²) in [6.45, 7) is 3.32. The fourth-order valence-electron chi connectivity index (χ4n) is 0.859. The Balaban J connectivity index is 2.85. The molecule has 0 aliphatic rings. The Labute approximate surface area is 99.2 Å². The second-order valence-electron chi connectivity index (χ2n) is 2.51. The van der Waals surface area contributed by atoms with Crippen molar-refractivity contribution in [2.24, 2.45) is 0 Å². The largest absolute Gasteiger partial charge is 0.430 e. The Hall–Kier alpha value is -0.610. The van der Waals surface area contributed by atoms with E-state index in [1.54, 1.807) is 0 Å². The van der Waals surface area contributed by atoms with Crippen LogP contribution in [0.15, 0.2) is 43.0 Å². The number of halogens is 2. The molecule has 1 aromatic carbocycles. The fraction of sp³-hybridized carbons (Fsp3) is 0.100. The van der Waals surface area contributed by atoms with Crippen LogP contribution in [0.2, 0.25) is 0 Å². The SMILES string of the molecule is C=CC(=O)OC(Br)(Br)c1ccccc1. The summed E-state index contributed by atoms with van der Waals surface area (Å²) in [4.78, 5) is 11.0. The molecule has 0 spiro atoms. The second-order valence-corrected chi connectivity index (χ2v) is 5.81. The van der Waals surface area contributed by atoms with E-state index in [2.05, 4.69) is 38.4 Å². The van der Waals surface area contributed by atoms with E-state index in [0.717, 1.165) is 11.6 Å². The first kappa shape index (κ1) is 11.5. The standard InChI is InChI=1S/C10H8Br2O2/c1-2-9(13)14-10(11,12)8-6-4-3-5-7-8/h2-7H,1H2. The van der Waals surface area contributed by atoms with Crippen LogP contribution in [0.4, 0.5) is 0 Å². The Kier molecular flexibility index (Phi) is 3.89. The molecule has 4 heteroatoms. The molecule has 1 rings (SSSR count).